The van der Waals surface area contributed by atoms with Gasteiger partial charge in [-0.15, -0.1) is 0 Å². The minimum atomic E-state index is -1.09. The maximum absolute atomic E-state index is 12.5. The van der Waals surface area contributed by atoms with Crippen LogP contribution in [0.1, 0.15) is 30.1 Å². The number of aromatic nitrogens is 4. The summed E-state index contributed by atoms with van der Waals surface area (Å²) < 4.78 is 0. The molecule has 162 valence electrons. The molecule has 0 fully saturated rings. The molecule has 0 radical (unpaired) electrons. The number of anilines is 3. The number of carbonyl (C=O) groups is 2. The van der Waals surface area contributed by atoms with Gasteiger partial charge >= 0.3 is 6.09 Å². The number of hydrogen-bond acceptors (Lipinski definition) is 8. The number of amides is 2. The lowest BCUT2D eigenvalue weighted by Gasteiger charge is -2.13. The van der Waals surface area contributed by atoms with Gasteiger partial charge in [-0.3, -0.25) is 4.79 Å². The second kappa shape index (κ2) is 10.7. The third-order valence-electron chi connectivity index (χ3n) is 4.29. The van der Waals surface area contributed by atoms with Crippen molar-refractivity contribution in [3.8, 4) is 0 Å². The van der Waals surface area contributed by atoms with Crippen LogP contribution in [-0.2, 0) is 0 Å². The van der Waals surface area contributed by atoms with Gasteiger partial charge in [0.25, 0.3) is 5.91 Å². The van der Waals surface area contributed by atoms with Gasteiger partial charge in [-0.25, -0.2) is 9.78 Å². The van der Waals surface area contributed by atoms with Crippen LogP contribution in [0.2, 0.25) is 0 Å². The predicted molar refractivity (Wildman–Crippen MR) is 117 cm³/mol. The summed E-state index contributed by atoms with van der Waals surface area (Å²) in [4.78, 5) is 31.7. The first-order valence-corrected chi connectivity index (χ1v) is 9.90. The minimum absolute atomic E-state index is 0.257. The minimum Gasteiger partial charge on any atom is -0.465 e. The zero-order valence-electron chi connectivity index (χ0n) is 17.1. The summed E-state index contributed by atoms with van der Waals surface area (Å²) in [5.74, 6) is 0.444. The van der Waals surface area contributed by atoms with E-state index in [0.717, 1.165) is 22.9 Å². The number of carbonyl (C=O) groups excluding carboxylic acids is 1. The van der Waals surface area contributed by atoms with Crippen molar-refractivity contribution in [3.63, 3.8) is 0 Å². The molecule has 5 N–H and O–H groups in total. The van der Waals surface area contributed by atoms with Crippen molar-refractivity contribution >= 4 is 40.2 Å². The standard InChI is InChI=1S/C20H24N8O3/c1-2-6-21-17-16(18(29)22-7-3-8-23-20(30)31)12-24-19(28-17)27-15-5-4-13-10-25-26-11-14(13)9-15/h4-5,9-12,23H,2-3,6-8H2,1H3,(H,22,29)(H,30,31)(H2,21,24,27,28). The SMILES string of the molecule is CCCNc1nc(Nc2ccc3cnncc3c2)ncc1C(=O)NCCCNC(=O)O. The van der Waals surface area contributed by atoms with Gasteiger partial charge in [0.2, 0.25) is 5.95 Å². The Morgan fingerprint density at radius 2 is 1.77 bits per heavy atom. The second-order valence-electron chi connectivity index (χ2n) is 6.68. The molecule has 3 aromatic rings. The zero-order valence-corrected chi connectivity index (χ0v) is 17.1. The van der Waals surface area contributed by atoms with Gasteiger partial charge in [0, 0.05) is 42.3 Å². The fourth-order valence-corrected chi connectivity index (χ4v) is 2.77. The Morgan fingerprint density at radius 3 is 2.55 bits per heavy atom. The van der Waals surface area contributed by atoms with E-state index >= 15 is 0 Å². The molecule has 2 heterocycles. The molecular formula is C20H24N8O3. The van der Waals surface area contributed by atoms with Crippen LogP contribution in [0.5, 0.6) is 0 Å². The fraction of sp³-hybridized carbons (Fsp3) is 0.300. The van der Waals surface area contributed by atoms with E-state index in [2.05, 4.69) is 41.4 Å². The Kier molecular flexibility index (Phi) is 7.46. The average molecular weight is 424 g/mol. The van der Waals surface area contributed by atoms with E-state index in [1.807, 2.05) is 25.1 Å². The van der Waals surface area contributed by atoms with E-state index in [9.17, 15) is 9.59 Å². The summed E-state index contributed by atoms with van der Waals surface area (Å²) in [6.45, 7) is 3.24. The summed E-state index contributed by atoms with van der Waals surface area (Å²) in [7, 11) is 0. The highest BCUT2D eigenvalue weighted by molar-refractivity contribution is 5.98. The third kappa shape index (κ3) is 6.23. The largest absolute Gasteiger partial charge is 0.465 e. The Morgan fingerprint density at radius 1 is 1.00 bits per heavy atom. The molecule has 0 atom stereocenters. The van der Waals surface area contributed by atoms with E-state index in [1.54, 1.807) is 12.4 Å². The number of rotatable bonds is 10. The quantitative estimate of drug-likeness (QED) is 0.309. The molecule has 2 amide bonds. The van der Waals surface area contributed by atoms with E-state index in [1.165, 1.54) is 6.20 Å². The molecule has 0 saturated heterocycles. The molecule has 0 aliphatic heterocycles. The van der Waals surface area contributed by atoms with E-state index in [4.69, 9.17) is 5.11 Å². The van der Waals surface area contributed by atoms with Crippen molar-refractivity contribution in [2.75, 3.05) is 30.3 Å². The van der Waals surface area contributed by atoms with Crippen molar-refractivity contribution in [2.24, 2.45) is 0 Å². The van der Waals surface area contributed by atoms with Crippen molar-refractivity contribution < 1.29 is 14.7 Å². The van der Waals surface area contributed by atoms with E-state index in [0.29, 0.717) is 36.8 Å². The highest BCUT2D eigenvalue weighted by Crippen LogP contribution is 2.21. The lowest BCUT2D eigenvalue weighted by molar-refractivity contribution is 0.0953. The van der Waals surface area contributed by atoms with Crippen molar-refractivity contribution in [1.82, 2.24) is 30.8 Å². The number of nitrogens with zero attached hydrogens (tertiary/aromatic N) is 4. The van der Waals surface area contributed by atoms with Crippen molar-refractivity contribution in [3.05, 3.63) is 42.4 Å². The monoisotopic (exact) mass is 424 g/mol. The number of fused-ring (bicyclic) bond motifs is 1. The lowest BCUT2D eigenvalue weighted by atomic mass is 10.2. The van der Waals surface area contributed by atoms with Crippen LogP contribution in [0.15, 0.2) is 36.8 Å². The van der Waals surface area contributed by atoms with E-state index < -0.39 is 6.09 Å². The van der Waals surface area contributed by atoms with Crippen LogP contribution in [0.4, 0.5) is 22.2 Å². The first-order chi connectivity index (χ1) is 15.1. The molecule has 3 rings (SSSR count). The number of hydrogen-bond donors (Lipinski definition) is 5. The Hall–Kier alpha value is -4.02. The Labute approximate surface area is 178 Å². The molecule has 0 aliphatic rings. The molecule has 0 aliphatic carbocycles. The second-order valence-corrected chi connectivity index (χ2v) is 6.68. The first kappa shape index (κ1) is 21.7. The number of benzene rings is 1. The molecule has 0 spiro atoms. The molecule has 0 saturated carbocycles. The molecule has 1 aromatic carbocycles. The summed E-state index contributed by atoms with van der Waals surface area (Å²) in [5, 5.41) is 29.5. The van der Waals surface area contributed by atoms with Gasteiger partial charge in [0.15, 0.2) is 0 Å². The highest BCUT2D eigenvalue weighted by Gasteiger charge is 2.14. The van der Waals surface area contributed by atoms with E-state index in [-0.39, 0.29) is 12.5 Å². The summed E-state index contributed by atoms with van der Waals surface area (Å²) in [5.41, 5.74) is 1.10. The van der Waals surface area contributed by atoms with Gasteiger partial charge in [0.05, 0.1) is 12.4 Å². The zero-order chi connectivity index (χ0) is 22.1. The molecular weight excluding hydrogens is 400 g/mol. The predicted octanol–water partition coefficient (Wildman–Crippen LogP) is 2.37. The number of carboxylic acid groups (broad SMARTS) is 1. The first-order valence-electron chi connectivity index (χ1n) is 9.90. The third-order valence-corrected chi connectivity index (χ3v) is 4.29. The molecule has 11 heteroatoms. The van der Waals surface area contributed by atoms with Gasteiger partial charge in [-0.2, -0.15) is 15.2 Å². The van der Waals surface area contributed by atoms with Crippen LogP contribution < -0.4 is 21.3 Å². The number of nitrogens with one attached hydrogen (secondary N) is 4. The normalized spacial score (nSPS) is 10.5. The van der Waals surface area contributed by atoms with Gasteiger partial charge in [-0.1, -0.05) is 13.0 Å². The maximum atomic E-state index is 12.5. The molecule has 0 bridgehead atoms. The van der Waals surface area contributed by atoms with Gasteiger partial charge < -0.3 is 26.4 Å². The smallest absolute Gasteiger partial charge is 0.404 e. The average Bonchev–Trinajstić information content (AvgIpc) is 2.77. The van der Waals surface area contributed by atoms with Gasteiger partial charge in [-0.05, 0) is 25.0 Å². The van der Waals surface area contributed by atoms with Crippen molar-refractivity contribution in [1.29, 1.82) is 0 Å². The van der Waals surface area contributed by atoms with Crippen LogP contribution >= 0.6 is 0 Å². The lowest BCUT2D eigenvalue weighted by Crippen LogP contribution is -2.30. The Balaban J connectivity index is 1.70. The topological polar surface area (TPSA) is 154 Å². The van der Waals surface area contributed by atoms with Crippen LogP contribution in [0.25, 0.3) is 10.8 Å². The summed E-state index contributed by atoms with van der Waals surface area (Å²) in [6, 6.07) is 5.72. The van der Waals surface area contributed by atoms with Crippen LogP contribution in [-0.4, -0.2) is 56.9 Å². The van der Waals surface area contributed by atoms with Gasteiger partial charge in [0.1, 0.15) is 11.4 Å². The van der Waals surface area contributed by atoms with Crippen LogP contribution in [0.3, 0.4) is 0 Å². The van der Waals surface area contributed by atoms with Crippen molar-refractivity contribution in [2.45, 2.75) is 19.8 Å². The highest BCUT2D eigenvalue weighted by atomic mass is 16.4. The summed E-state index contributed by atoms with van der Waals surface area (Å²) in [6.07, 6.45) is 5.07. The molecule has 2 aromatic heterocycles. The molecule has 11 nitrogen and oxygen atoms in total. The molecule has 31 heavy (non-hydrogen) atoms. The maximum Gasteiger partial charge on any atom is 0.404 e. The molecule has 0 unspecified atom stereocenters. The fourth-order valence-electron chi connectivity index (χ4n) is 2.77. The van der Waals surface area contributed by atoms with Crippen LogP contribution in [0, 0.1) is 0 Å². The summed E-state index contributed by atoms with van der Waals surface area (Å²) >= 11 is 0. The Bertz CT molecular complexity index is 1060.